The van der Waals surface area contributed by atoms with Crippen LogP contribution in [0, 0.1) is 5.82 Å². The summed E-state index contributed by atoms with van der Waals surface area (Å²) in [6, 6.07) is 8.15. The van der Waals surface area contributed by atoms with Gasteiger partial charge in [-0.15, -0.1) is 0 Å². The van der Waals surface area contributed by atoms with E-state index in [2.05, 4.69) is 47.9 Å². The van der Waals surface area contributed by atoms with Gasteiger partial charge in [0.25, 0.3) is 0 Å². The third-order valence-electron chi connectivity index (χ3n) is 15.4. The van der Waals surface area contributed by atoms with Gasteiger partial charge in [0.15, 0.2) is 0 Å². The lowest BCUT2D eigenvalue weighted by Gasteiger charge is -2.35. The van der Waals surface area contributed by atoms with Crippen molar-refractivity contribution in [1.82, 2.24) is 52.8 Å². The summed E-state index contributed by atoms with van der Waals surface area (Å²) >= 11 is 0. The maximum absolute atomic E-state index is 15.3. The second-order valence-electron chi connectivity index (χ2n) is 22.5. The number of aliphatic hydroxyl groups is 3. The van der Waals surface area contributed by atoms with E-state index >= 15 is 4.39 Å². The lowest BCUT2D eigenvalue weighted by Crippen LogP contribution is -2.67. The minimum atomic E-state index is -2.33. The summed E-state index contributed by atoms with van der Waals surface area (Å²) in [5.41, 5.74) is 10.6. The zero-order valence-electron chi connectivity index (χ0n) is 51.9. The van der Waals surface area contributed by atoms with Crippen LogP contribution in [0.4, 0.5) is 4.39 Å². The lowest BCUT2D eigenvalue weighted by atomic mass is 9.90. The largest absolute Gasteiger partial charge is 0.497 e. The number of aliphatic hydroxyl groups excluding tert-OH is 3. The Morgan fingerprint density at radius 1 is 0.725 bits per heavy atom. The SMILES string of the molecule is CCC[C@H](NC(=O)[C@H](Cc1ccc(-c2ccc(OC)cc2CC)cc1)NC(=O)CNC(=O)[C@H](CO)NC(=O)[C@@H](NC(=O)[C@](C)(Cc1ccccc1F)NC(=O)[C@@H](NC(=O)CNC(=O)[C@H](CCC(=O)O)NC(=O)[C@]1(C)CCCN1C(=O)CN)[C@@H](C)O)[C@@H](C)O)C(N)=O. The quantitative estimate of drug-likeness (QED) is 0.0281. The number of aryl methyl sites for hydroxylation is 1. The number of nitrogens with two attached hydrogens (primary N) is 2. The number of primary amides is 1. The predicted molar refractivity (Wildman–Crippen MR) is 326 cm³/mol. The molecule has 0 aliphatic carbocycles. The predicted octanol–water partition coefficient (Wildman–Crippen LogP) is -2.89. The van der Waals surface area contributed by atoms with Gasteiger partial charge in [-0.3, -0.25) is 57.5 Å². The number of nitrogens with zero attached hydrogens (tertiary/aromatic N) is 1. The number of benzene rings is 3. The molecule has 3 aromatic rings. The molecule has 17 N–H and O–H groups in total. The number of ether oxygens (including phenoxy) is 1. The number of methoxy groups -OCH3 is 1. The fraction of sp³-hybridized carbons (Fsp3) is 0.508. The molecule has 0 bridgehead atoms. The van der Waals surface area contributed by atoms with Crippen LogP contribution in [0.3, 0.4) is 0 Å². The Morgan fingerprint density at radius 2 is 1.33 bits per heavy atom. The van der Waals surface area contributed by atoms with Crippen molar-refractivity contribution >= 4 is 70.9 Å². The molecule has 1 aliphatic heterocycles. The van der Waals surface area contributed by atoms with E-state index in [1.807, 2.05) is 37.3 Å². The maximum atomic E-state index is 15.3. The van der Waals surface area contributed by atoms with E-state index in [4.69, 9.17) is 16.2 Å². The Hall–Kier alpha value is -9.13. The molecule has 0 radical (unpaired) electrons. The van der Waals surface area contributed by atoms with Crippen LogP contribution in [-0.4, -0.2) is 196 Å². The van der Waals surface area contributed by atoms with Gasteiger partial charge in [0.05, 0.1) is 45.6 Å². The first kappa shape index (κ1) is 74.3. The summed E-state index contributed by atoms with van der Waals surface area (Å²) in [5, 5.41) is 62.4. The molecule has 10 atom stereocenters. The van der Waals surface area contributed by atoms with Gasteiger partial charge in [-0.1, -0.05) is 68.8 Å². The highest BCUT2D eigenvalue weighted by Crippen LogP contribution is 2.31. The number of carboxylic acid groups (broad SMARTS) is 1. The van der Waals surface area contributed by atoms with Crippen molar-refractivity contribution < 1.29 is 87.1 Å². The van der Waals surface area contributed by atoms with Crippen molar-refractivity contribution in [1.29, 1.82) is 0 Å². The van der Waals surface area contributed by atoms with E-state index < -0.39 is 182 Å². The first-order chi connectivity index (χ1) is 42.9. The highest BCUT2D eigenvalue weighted by atomic mass is 19.1. The van der Waals surface area contributed by atoms with Crippen molar-refractivity contribution in [3.63, 3.8) is 0 Å². The van der Waals surface area contributed by atoms with Crippen molar-refractivity contribution in [2.24, 2.45) is 11.5 Å². The van der Waals surface area contributed by atoms with Crippen molar-refractivity contribution in [3.8, 4) is 16.9 Å². The Labute approximate surface area is 525 Å². The fourth-order valence-corrected chi connectivity index (χ4v) is 10.1. The third-order valence-corrected chi connectivity index (χ3v) is 15.4. The number of hydrogen-bond donors (Lipinski definition) is 15. The van der Waals surface area contributed by atoms with Crippen LogP contribution >= 0.6 is 0 Å². The van der Waals surface area contributed by atoms with E-state index in [1.54, 1.807) is 26.2 Å². The minimum absolute atomic E-state index is 0.0938. The number of aliphatic carboxylic acids is 1. The third kappa shape index (κ3) is 21.2. The number of rotatable bonds is 35. The van der Waals surface area contributed by atoms with Gasteiger partial charge in [0.2, 0.25) is 65.0 Å². The Balaban J connectivity index is 1.48. The van der Waals surface area contributed by atoms with Gasteiger partial charge in [0, 0.05) is 25.8 Å². The second kappa shape index (κ2) is 34.7. The number of hydrogen-bond acceptors (Lipinski definition) is 17. The highest BCUT2D eigenvalue weighted by Gasteiger charge is 2.47. The van der Waals surface area contributed by atoms with E-state index in [0.29, 0.717) is 30.6 Å². The second-order valence-corrected chi connectivity index (χ2v) is 22.5. The van der Waals surface area contributed by atoms with Gasteiger partial charge in [0.1, 0.15) is 58.9 Å². The number of amides is 11. The number of likely N-dealkylation sites (tertiary alicyclic amines) is 1. The Kier molecular flexibility index (Phi) is 28.4. The van der Waals surface area contributed by atoms with Gasteiger partial charge in [-0.25, -0.2) is 4.39 Å². The number of carbonyl (C=O) groups excluding carboxylic acids is 11. The van der Waals surface area contributed by atoms with Gasteiger partial charge < -0.3 is 89.4 Å². The summed E-state index contributed by atoms with van der Waals surface area (Å²) in [5.74, 6) is -12.5. The molecule has 11 amide bonds. The highest BCUT2D eigenvalue weighted by molar-refractivity contribution is 6.00. The Morgan fingerprint density at radius 3 is 1.89 bits per heavy atom. The molecule has 0 spiro atoms. The molecule has 30 heteroatoms. The molecule has 1 saturated heterocycles. The monoisotopic (exact) mass is 1280 g/mol. The molecule has 0 aromatic heterocycles. The molecular weight excluding hydrogens is 1190 g/mol. The first-order valence-corrected chi connectivity index (χ1v) is 29.6. The molecule has 4 rings (SSSR count). The molecule has 498 valence electrons. The summed E-state index contributed by atoms with van der Waals surface area (Å²) in [6.45, 7) is 5.36. The van der Waals surface area contributed by atoms with Crippen LogP contribution < -0.4 is 64.1 Å². The number of carbonyl (C=O) groups is 12. The van der Waals surface area contributed by atoms with Gasteiger partial charge in [-0.05, 0) is 106 Å². The lowest BCUT2D eigenvalue weighted by molar-refractivity contribution is -0.144. The van der Waals surface area contributed by atoms with Crippen LogP contribution in [0.25, 0.3) is 11.1 Å². The summed E-state index contributed by atoms with van der Waals surface area (Å²) in [4.78, 5) is 161. The van der Waals surface area contributed by atoms with Crippen molar-refractivity contribution in [2.45, 2.75) is 159 Å². The molecule has 0 saturated carbocycles. The standard InChI is InChI=1S/C61H85FN12O17/c1-8-13-42(52(64)83)68-55(86)44(26-35-16-18-37(19-17-35)40-21-20-39(91-7)27-36(40)9-2)67-46(78)30-66-54(85)45(32-75)69-56(87)50(33(3)76)72-58(89)60(5,28-38-14-10-11-15-41(38)62)73-57(88)51(34(4)77)71-47(79)31-65-53(84)43(22-23-49(81)82)70-59(90)61(6)24-12-25-74(61)48(80)29-63/h10-11,14-21,27,33-34,42-45,50-51,75-77H,8-9,12-13,22-26,28-32,63H2,1-7H3,(H2,64,83)(H,65,84)(H,66,85)(H,67,78)(H,68,86)(H,69,87)(H,70,90)(H,71,79)(H,72,89)(H,73,88)(H,81,82)/t33-,34-,42+,43+,44+,45+,50+,51+,60+,61+/m1/s1. The topological polar surface area (TPSA) is 459 Å². The number of carboxylic acids is 1. The van der Waals surface area contributed by atoms with Crippen molar-refractivity contribution in [3.05, 3.63) is 89.2 Å². The maximum Gasteiger partial charge on any atom is 0.303 e. The molecular formula is C61H85FN12O17. The summed E-state index contributed by atoms with van der Waals surface area (Å²) in [7, 11) is 1.57. The van der Waals surface area contributed by atoms with E-state index in [1.165, 1.54) is 30.0 Å². The van der Waals surface area contributed by atoms with E-state index in [-0.39, 0.29) is 31.4 Å². The molecule has 1 heterocycles. The van der Waals surface area contributed by atoms with Crippen LogP contribution in [0.1, 0.15) is 96.8 Å². The molecule has 0 unspecified atom stereocenters. The van der Waals surface area contributed by atoms with Crippen molar-refractivity contribution in [2.75, 3.05) is 39.9 Å². The molecule has 1 fully saturated rings. The molecule has 1 aliphatic rings. The van der Waals surface area contributed by atoms with Crippen LogP contribution in [0.2, 0.25) is 0 Å². The van der Waals surface area contributed by atoms with Crippen LogP contribution in [-0.2, 0) is 76.8 Å². The van der Waals surface area contributed by atoms with Gasteiger partial charge in [-0.2, -0.15) is 0 Å². The van der Waals surface area contributed by atoms with Crippen LogP contribution in [0.15, 0.2) is 66.7 Å². The normalized spacial score (nSPS) is 16.9. The molecule has 91 heavy (non-hydrogen) atoms. The smallest absolute Gasteiger partial charge is 0.303 e. The summed E-state index contributed by atoms with van der Waals surface area (Å²) < 4.78 is 20.7. The average molecular weight is 1280 g/mol. The average Bonchev–Trinajstić information content (AvgIpc) is 1.79. The zero-order chi connectivity index (χ0) is 67.9. The van der Waals surface area contributed by atoms with E-state index in [9.17, 15) is 78.0 Å². The zero-order valence-corrected chi connectivity index (χ0v) is 51.9. The minimum Gasteiger partial charge on any atom is -0.497 e. The van der Waals surface area contributed by atoms with E-state index in [0.717, 1.165) is 43.5 Å². The van der Waals surface area contributed by atoms with Gasteiger partial charge >= 0.3 is 5.97 Å². The number of nitrogens with one attached hydrogen (secondary N) is 9. The fourth-order valence-electron chi connectivity index (χ4n) is 10.1. The first-order valence-electron chi connectivity index (χ1n) is 29.6. The number of halogens is 1. The summed E-state index contributed by atoms with van der Waals surface area (Å²) in [6.07, 6.45) is -3.40. The van der Waals surface area contributed by atoms with Crippen LogP contribution in [0.5, 0.6) is 5.75 Å². The molecule has 3 aromatic carbocycles. The molecule has 29 nitrogen and oxygen atoms in total. The Bertz CT molecular complexity index is 3120.